The number of amides is 3. The molecular weight excluding hydrogens is 480 g/mol. The van der Waals surface area contributed by atoms with E-state index in [-0.39, 0.29) is 29.7 Å². The molecule has 2 aliphatic rings. The van der Waals surface area contributed by atoms with E-state index in [0.717, 1.165) is 17.1 Å². The summed E-state index contributed by atoms with van der Waals surface area (Å²) in [5.74, 6) is -0.868. The van der Waals surface area contributed by atoms with E-state index in [4.69, 9.17) is 0 Å². The second-order valence-electron chi connectivity index (χ2n) is 9.56. The van der Waals surface area contributed by atoms with Gasteiger partial charge in [-0.05, 0) is 58.4 Å². The van der Waals surface area contributed by atoms with Gasteiger partial charge < -0.3 is 26.0 Å². The molecule has 1 aromatic heterocycles. The summed E-state index contributed by atoms with van der Waals surface area (Å²) in [5.41, 5.74) is 1.44. The Hall–Kier alpha value is -2.89. The summed E-state index contributed by atoms with van der Waals surface area (Å²) in [5, 5.41) is 23.5. The lowest BCUT2D eigenvalue weighted by atomic mass is 9.81. The number of hydrogen-bond acceptors (Lipinski definition) is 8. The maximum absolute atomic E-state index is 13.8. The van der Waals surface area contributed by atoms with Crippen LogP contribution in [-0.4, -0.2) is 75.1 Å². The highest BCUT2D eigenvalue weighted by Gasteiger charge is 2.41. The molecule has 1 aliphatic heterocycles. The van der Waals surface area contributed by atoms with Crippen molar-refractivity contribution >= 4 is 34.3 Å². The van der Waals surface area contributed by atoms with Gasteiger partial charge in [-0.2, -0.15) is 0 Å². The number of aromatic nitrogens is 2. The normalized spacial score (nSPS) is 23.6. The van der Waals surface area contributed by atoms with E-state index in [9.17, 15) is 19.5 Å². The number of aliphatic hydroxyl groups is 1. The lowest BCUT2D eigenvalue weighted by Crippen LogP contribution is -2.57. The van der Waals surface area contributed by atoms with E-state index in [0.29, 0.717) is 55.8 Å². The molecule has 0 bridgehead atoms. The number of carbonyl (C=O) groups is 3. The topological polar surface area (TPSA) is 137 Å². The van der Waals surface area contributed by atoms with Gasteiger partial charge in [-0.15, -0.1) is 5.10 Å². The van der Waals surface area contributed by atoms with E-state index in [1.165, 1.54) is 0 Å². The van der Waals surface area contributed by atoms with Crippen molar-refractivity contribution in [1.29, 1.82) is 0 Å². The Balaban J connectivity index is 1.50. The third kappa shape index (κ3) is 5.91. The molecule has 1 saturated carbocycles. The van der Waals surface area contributed by atoms with Crippen LogP contribution in [0.4, 0.5) is 5.00 Å². The number of carbonyl (C=O) groups excluding carboxylic acids is 3. The number of anilines is 1. The van der Waals surface area contributed by atoms with Crippen LogP contribution in [0.25, 0.3) is 11.3 Å². The molecule has 2 fully saturated rings. The summed E-state index contributed by atoms with van der Waals surface area (Å²) in [6.07, 6.45) is 3.34. The fraction of sp³-hybridized carbons (Fsp3) is 0.560. The van der Waals surface area contributed by atoms with E-state index in [2.05, 4.69) is 25.5 Å². The van der Waals surface area contributed by atoms with Crippen molar-refractivity contribution in [1.82, 2.24) is 25.1 Å². The van der Waals surface area contributed by atoms with Gasteiger partial charge in [0.15, 0.2) is 0 Å². The van der Waals surface area contributed by atoms with Crippen LogP contribution in [-0.2, 0) is 14.4 Å². The van der Waals surface area contributed by atoms with Crippen molar-refractivity contribution in [3.8, 4) is 11.3 Å². The number of nitrogens with one attached hydrogen (secondary N) is 3. The average molecular weight is 515 g/mol. The lowest BCUT2D eigenvalue weighted by Gasteiger charge is -2.36. The van der Waals surface area contributed by atoms with Crippen LogP contribution < -0.4 is 16.0 Å². The summed E-state index contributed by atoms with van der Waals surface area (Å²) < 4.78 is 4.01. The van der Waals surface area contributed by atoms with E-state index >= 15 is 0 Å². The highest BCUT2D eigenvalue weighted by atomic mass is 32.1. The molecular formula is C25H34N6O4S. The Bertz CT molecular complexity index is 1060. The van der Waals surface area contributed by atoms with Crippen LogP contribution in [0.1, 0.15) is 45.4 Å². The zero-order chi connectivity index (χ0) is 25.7. The second-order valence-corrected chi connectivity index (χ2v) is 10.3. The van der Waals surface area contributed by atoms with Crippen LogP contribution in [0, 0.1) is 5.92 Å². The molecule has 4 N–H and O–H groups in total. The Labute approximate surface area is 215 Å². The van der Waals surface area contributed by atoms with Gasteiger partial charge in [0.1, 0.15) is 22.8 Å². The monoisotopic (exact) mass is 514 g/mol. The minimum absolute atomic E-state index is 0.0893. The van der Waals surface area contributed by atoms with E-state index in [1.54, 1.807) is 18.9 Å². The van der Waals surface area contributed by atoms with Crippen molar-refractivity contribution < 1.29 is 19.5 Å². The molecule has 0 unspecified atom stereocenters. The fourth-order valence-corrected chi connectivity index (χ4v) is 5.56. The quantitative estimate of drug-likeness (QED) is 0.421. The first kappa shape index (κ1) is 26.2. The molecule has 1 saturated heterocycles. The highest BCUT2D eigenvalue weighted by Crippen LogP contribution is 2.32. The number of aliphatic hydroxyl groups excluding tert-OH is 1. The number of rotatable bonds is 8. The molecule has 11 heteroatoms. The van der Waals surface area contributed by atoms with Gasteiger partial charge in [-0.3, -0.25) is 14.4 Å². The Morgan fingerprint density at radius 3 is 2.53 bits per heavy atom. The van der Waals surface area contributed by atoms with Crippen molar-refractivity contribution in [2.24, 2.45) is 5.92 Å². The smallest absolute Gasteiger partial charge is 0.247 e. The second kappa shape index (κ2) is 11.9. The van der Waals surface area contributed by atoms with Crippen molar-refractivity contribution in [2.75, 3.05) is 18.9 Å². The molecule has 2 aromatic rings. The van der Waals surface area contributed by atoms with Crippen LogP contribution in [0.3, 0.4) is 0 Å². The zero-order valence-corrected chi connectivity index (χ0v) is 21.5. The Morgan fingerprint density at radius 2 is 1.83 bits per heavy atom. The third-order valence-electron chi connectivity index (χ3n) is 7.21. The van der Waals surface area contributed by atoms with Crippen LogP contribution in [0.5, 0.6) is 0 Å². The van der Waals surface area contributed by atoms with Crippen LogP contribution in [0.2, 0.25) is 0 Å². The lowest BCUT2D eigenvalue weighted by molar-refractivity contribution is -0.142. The van der Waals surface area contributed by atoms with Crippen molar-refractivity contribution in [3.05, 3.63) is 30.3 Å². The minimum Gasteiger partial charge on any atom is -0.393 e. The summed E-state index contributed by atoms with van der Waals surface area (Å²) in [6, 6.07) is 7.66. The summed E-state index contributed by atoms with van der Waals surface area (Å²) in [4.78, 5) is 41.5. The molecule has 1 aromatic carbocycles. The molecule has 1 aliphatic carbocycles. The molecule has 2 heterocycles. The van der Waals surface area contributed by atoms with Crippen LogP contribution in [0.15, 0.2) is 30.3 Å². The molecule has 36 heavy (non-hydrogen) atoms. The Morgan fingerprint density at radius 1 is 1.11 bits per heavy atom. The molecule has 0 radical (unpaired) electrons. The zero-order valence-electron chi connectivity index (χ0n) is 20.6. The van der Waals surface area contributed by atoms with E-state index < -0.39 is 18.1 Å². The largest absolute Gasteiger partial charge is 0.393 e. The average Bonchev–Trinajstić information content (AvgIpc) is 3.57. The number of benzene rings is 1. The molecule has 3 atom stereocenters. The molecule has 10 nitrogen and oxygen atoms in total. The summed E-state index contributed by atoms with van der Waals surface area (Å²) >= 11 is 1.10. The first-order valence-corrected chi connectivity index (χ1v) is 13.3. The number of likely N-dealkylation sites (tertiary alicyclic amines) is 1. The van der Waals surface area contributed by atoms with Gasteiger partial charge in [-0.25, -0.2) is 0 Å². The predicted octanol–water partition coefficient (Wildman–Crippen LogP) is 1.78. The maximum atomic E-state index is 13.8. The number of nitrogens with zero attached hydrogens (tertiary/aromatic N) is 3. The fourth-order valence-electron chi connectivity index (χ4n) is 4.96. The van der Waals surface area contributed by atoms with Gasteiger partial charge in [0.2, 0.25) is 17.7 Å². The Kier molecular flexibility index (Phi) is 8.65. The standard InChI is InChI=1S/C25H34N6O4S/c1-15(26-2)22(33)27-21(17-10-12-18(32)13-11-17)25(35)31-14-6-9-19(31)23(34)28-24-20(29-30-36-24)16-7-4-3-5-8-16/h3-5,7-8,15,17-19,21,26,32H,6,9-14H2,1-2H3,(H,27,33)(H,28,34)/t15-,17?,18?,19-,21-/m0/s1. The minimum atomic E-state index is -0.737. The molecule has 3 amide bonds. The van der Waals surface area contributed by atoms with Gasteiger partial charge in [-0.1, -0.05) is 34.8 Å². The maximum Gasteiger partial charge on any atom is 0.247 e. The molecule has 0 spiro atoms. The highest BCUT2D eigenvalue weighted by molar-refractivity contribution is 7.10. The third-order valence-corrected chi connectivity index (χ3v) is 7.85. The predicted molar refractivity (Wildman–Crippen MR) is 137 cm³/mol. The summed E-state index contributed by atoms with van der Waals surface area (Å²) in [6.45, 7) is 2.19. The van der Waals surface area contributed by atoms with Gasteiger partial charge in [0, 0.05) is 23.6 Å². The first-order valence-electron chi connectivity index (χ1n) is 12.5. The number of likely N-dealkylation sites (N-methyl/N-ethyl adjacent to an activating group) is 1. The SMILES string of the molecule is CN[C@@H](C)C(=O)N[C@H](C(=O)N1CCC[C@H]1C(=O)Nc1snnc1-c1ccccc1)C1CCC(O)CC1. The van der Waals surface area contributed by atoms with E-state index in [1.807, 2.05) is 30.3 Å². The van der Waals surface area contributed by atoms with Crippen LogP contribution >= 0.6 is 11.5 Å². The first-order chi connectivity index (χ1) is 17.4. The van der Waals surface area contributed by atoms with Gasteiger partial charge >= 0.3 is 0 Å². The summed E-state index contributed by atoms with van der Waals surface area (Å²) in [7, 11) is 1.69. The van der Waals surface area contributed by atoms with Crippen molar-refractivity contribution in [2.45, 2.75) is 69.7 Å². The van der Waals surface area contributed by atoms with Gasteiger partial charge in [0.05, 0.1) is 12.1 Å². The molecule has 4 rings (SSSR count). The van der Waals surface area contributed by atoms with Gasteiger partial charge in [0.25, 0.3) is 0 Å². The van der Waals surface area contributed by atoms with Crippen molar-refractivity contribution in [3.63, 3.8) is 0 Å². The number of hydrogen-bond donors (Lipinski definition) is 4. The molecule has 194 valence electrons.